The number of imidazole rings is 1. The van der Waals surface area contributed by atoms with Crippen LogP contribution in [0.4, 0.5) is 0 Å². The summed E-state index contributed by atoms with van der Waals surface area (Å²) < 4.78 is 28.3. The van der Waals surface area contributed by atoms with Crippen LogP contribution in [-0.4, -0.2) is 29.3 Å². The number of rotatable bonds is 5. The minimum Gasteiger partial charge on any atom is -0.337 e. The van der Waals surface area contributed by atoms with E-state index in [2.05, 4.69) is 4.98 Å². The average molecular weight is 314 g/mol. The van der Waals surface area contributed by atoms with E-state index in [0.717, 1.165) is 9.75 Å². The highest BCUT2D eigenvalue weighted by atomic mass is 32.2. The summed E-state index contributed by atoms with van der Waals surface area (Å²) in [5, 5.41) is 0. The third kappa shape index (κ3) is 2.78. The quantitative estimate of drug-likeness (QED) is 0.895. The summed E-state index contributed by atoms with van der Waals surface area (Å²) in [6, 6.07) is 1.66. The maximum atomic E-state index is 12.6. The zero-order valence-electron chi connectivity index (χ0n) is 11.7. The Morgan fingerprint density at radius 1 is 1.50 bits per heavy atom. The third-order valence-corrected chi connectivity index (χ3v) is 6.23. The Labute approximate surface area is 122 Å². The molecule has 2 N–H and O–H groups in total. The van der Waals surface area contributed by atoms with Gasteiger partial charge in [0.25, 0.3) is 0 Å². The van der Waals surface area contributed by atoms with Gasteiger partial charge < -0.3 is 10.3 Å². The molecule has 0 aliphatic rings. The van der Waals surface area contributed by atoms with Crippen molar-refractivity contribution in [1.82, 2.24) is 13.9 Å². The molecule has 0 bridgehead atoms. The predicted octanol–water partition coefficient (Wildman–Crippen LogP) is 1.07. The monoisotopic (exact) mass is 314 g/mol. The molecule has 2 heterocycles. The van der Waals surface area contributed by atoms with Gasteiger partial charge in [0.2, 0.25) is 10.0 Å². The molecule has 2 rings (SSSR count). The minimum atomic E-state index is -3.52. The maximum absolute atomic E-state index is 12.6. The predicted molar refractivity (Wildman–Crippen MR) is 78.8 cm³/mol. The lowest BCUT2D eigenvalue weighted by Gasteiger charge is -2.16. The molecular weight excluding hydrogens is 296 g/mol. The molecule has 0 aliphatic carbocycles. The third-order valence-electron chi connectivity index (χ3n) is 3.10. The van der Waals surface area contributed by atoms with Gasteiger partial charge in [-0.25, -0.2) is 13.4 Å². The van der Waals surface area contributed by atoms with Crippen molar-refractivity contribution in [3.05, 3.63) is 34.0 Å². The van der Waals surface area contributed by atoms with Crippen LogP contribution in [0.1, 0.15) is 15.6 Å². The molecule has 110 valence electrons. The minimum absolute atomic E-state index is 0.235. The Balaban J connectivity index is 2.29. The molecule has 0 saturated heterocycles. The molecule has 0 saturated carbocycles. The van der Waals surface area contributed by atoms with Crippen molar-refractivity contribution in [2.75, 3.05) is 7.05 Å². The van der Waals surface area contributed by atoms with E-state index in [1.807, 2.05) is 7.05 Å². The molecule has 0 radical (unpaired) electrons. The summed E-state index contributed by atoms with van der Waals surface area (Å²) in [5.74, 6) is 0.697. The van der Waals surface area contributed by atoms with Crippen LogP contribution in [0, 0.1) is 6.92 Å². The Morgan fingerprint density at radius 2 is 2.20 bits per heavy atom. The summed E-state index contributed by atoms with van der Waals surface area (Å²) in [4.78, 5) is 6.11. The van der Waals surface area contributed by atoms with E-state index in [1.54, 1.807) is 37.0 Å². The van der Waals surface area contributed by atoms with E-state index in [4.69, 9.17) is 5.73 Å². The Hall–Kier alpha value is -1.22. The first-order valence-corrected chi connectivity index (χ1v) is 8.34. The van der Waals surface area contributed by atoms with Gasteiger partial charge in [0, 0.05) is 42.8 Å². The van der Waals surface area contributed by atoms with Crippen molar-refractivity contribution < 1.29 is 8.42 Å². The lowest BCUT2D eigenvalue weighted by molar-refractivity contribution is 0.451. The van der Waals surface area contributed by atoms with Crippen molar-refractivity contribution in [2.45, 2.75) is 24.9 Å². The lowest BCUT2D eigenvalue weighted by atomic mass is 10.4. The van der Waals surface area contributed by atoms with Gasteiger partial charge in [0.1, 0.15) is 5.82 Å². The summed E-state index contributed by atoms with van der Waals surface area (Å²) in [7, 11) is -0.120. The van der Waals surface area contributed by atoms with Gasteiger partial charge in [-0.3, -0.25) is 0 Å². The fourth-order valence-corrected chi connectivity index (χ4v) is 4.49. The van der Waals surface area contributed by atoms with Crippen molar-refractivity contribution in [3.8, 4) is 0 Å². The highest BCUT2D eigenvalue weighted by molar-refractivity contribution is 7.89. The molecule has 20 heavy (non-hydrogen) atoms. The Bertz CT molecular complexity index is 703. The van der Waals surface area contributed by atoms with Crippen molar-refractivity contribution in [2.24, 2.45) is 12.8 Å². The average Bonchev–Trinajstić information content (AvgIpc) is 2.96. The molecule has 8 heteroatoms. The molecule has 2 aromatic heterocycles. The summed E-state index contributed by atoms with van der Waals surface area (Å²) >= 11 is 1.42. The van der Waals surface area contributed by atoms with Crippen LogP contribution in [0.25, 0.3) is 0 Å². The van der Waals surface area contributed by atoms with E-state index >= 15 is 0 Å². The Morgan fingerprint density at radius 3 is 2.70 bits per heavy atom. The van der Waals surface area contributed by atoms with Crippen LogP contribution < -0.4 is 5.73 Å². The van der Waals surface area contributed by atoms with Gasteiger partial charge >= 0.3 is 0 Å². The van der Waals surface area contributed by atoms with E-state index in [-0.39, 0.29) is 6.54 Å². The number of thiophene rings is 1. The first-order valence-electron chi connectivity index (χ1n) is 6.08. The lowest BCUT2D eigenvalue weighted by Crippen LogP contribution is -2.27. The largest absolute Gasteiger partial charge is 0.337 e. The van der Waals surface area contributed by atoms with Crippen LogP contribution in [0.2, 0.25) is 0 Å². The van der Waals surface area contributed by atoms with Gasteiger partial charge in [-0.2, -0.15) is 4.31 Å². The van der Waals surface area contributed by atoms with Gasteiger partial charge in [0.05, 0.1) is 11.4 Å². The number of hydrogen-bond donors (Lipinski definition) is 1. The van der Waals surface area contributed by atoms with Crippen LogP contribution in [-0.2, 0) is 30.2 Å². The molecule has 0 unspecified atom stereocenters. The van der Waals surface area contributed by atoms with Gasteiger partial charge in [-0.05, 0) is 13.0 Å². The highest BCUT2D eigenvalue weighted by Crippen LogP contribution is 2.28. The number of hydrogen-bond acceptors (Lipinski definition) is 5. The van der Waals surface area contributed by atoms with Gasteiger partial charge in [-0.1, -0.05) is 0 Å². The smallest absolute Gasteiger partial charge is 0.244 e. The van der Waals surface area contributed by atoms with Crippen molar-refractivity contribution in [1.29, 1.82) is 0 Å². The van der Waals surface area contributed by atoms with Crippen molar-refractivity contribution >= 4 is 21.4 Å². The van der Waals surface area contributed by atoms with Crippen LogP contribution in [0.3, 0.4) is 0 Å². The van der Waals surface area contributed by atoms with E-state index in [9.17, 15) is 8.42 Å². The topological polar surface area (TPSA) is 81.2 Å². The molecule has 0 aliphatic heterocycles. The number of nitrogens with zero attached hydrogens (tertiary/aromatic N) is 3. The molecule has 0 atom stereocenters. The number of nitrogens with two attached hydrogens (primary N) is 1. The SMILES string of the molecule is Cc1sc(CN)cc1S(=O)(=O)N(C)Cc1nccn1C. The van der Waals surface area contributed by atoms with E-state index in [0.29, 0.717) is 17.3 Å². The standard InChI is InChI=1S/C12H18N4O2S2/c1-9-11(6-10(7-13)19-9)20(17,18)16(3)8-12-14-4-5-15(12)2/h4-6H,7-8,13H2,1-3H3. The van der Waals surface area contributed by atoms with Gasteiger partial charge in [0.15, 0.2) is 0 Å². The van der Waals surface area contributed by atoms with E-state index < -0.39 is 10.0 Å². The zero-order chi connectivity index (χ0) is 14.9. The second kappa shape index (κ2) is 5.65. The van der Waals surface area contributed by atoms with Gasteiger partial charge in [-0.15, -0.1) is 11.3 Å². The van der Waals surface area contributed by atoms with Crippen LogP contribution in [0.15, 0.2) is 23.4 Å². The molecular formula is C12H18N4O2S2. The fourth-order valence-electron chi connectivity index (χ4n) is 1.88. The zero-order valence-corrected chi connectivity index (χ0v) is 13.3. The number of sulfonamides is 1. The number of aromatic nitrogens is 2. The first-order chi connectivity index (χ1) is 9.36. The summed E-state index contributed by atoms with van der Waals surface area (Å²) in [6.07, 6.45) is 3.44. The molecule has 0 fully saturated rings. The van der Waals surface area contributed by atoms with Crippen LogP contribution >= 0.6 is 11.3 Å². The second-order valence-corrected chi connectivity index (χ2v) is 7.91. The fraction of sp³-hybridized carbons (Fsp3) is 0.417. The maximum Gasteiger partial charge on any atom is 0.244 e. The molecule has 0 aromatic carbocycles. The summed E-state index contributed by atoms with van der Waals surface area (Å²) in [6.45, 7) is 2.38. The molecule has 0 amide bonds. The molecule has 6 nitrogen and oxygen atoms in total. The first kappa shape index (κ1) is 15.2. The normalized spacial score (nSPS) is 12.2. The van der Waals surface area contributed by atoms with Crippen LogP contribution in [0.5, 0.6) is 0 Å². The molecule has 2 aromatic rings. The summed E-state index contributed by atoms with van der Waals surface area (Å²) in [5.41, 5.74) is 5.57. The number of aryl methyl sites for hydroxylation is 2. The highest BCUT2D eigenvalue weighted by Gasteiger charge is 2.25. The Kier molecular flexibility index (Phi) is 4.28. The van der Waals surface area contributed by atoms with E-state index in [1.165, 1.54) is 15.6 Å². The molecule has 0 spiro atoms. The second-order valence-electron chi connectivity index (χ2n) is 4.55. The van der Waals surface area contributed by atoms with Crippen molar-refractivity contribution in [3.63, 3.8) is 0 Å².